The summed E-state index contributed by atoms with van der Waals surface area (Å²) in [5.41, 5.74) is 2.62. The second-order valence-electron chi connectivity index (χ2n) is 4.28. The monoisotopic (exact) mass is 234 g/mol. The molecule has 1 aliphatic rings. The average molecular weight is 234 g/mol. The van der Waals surface area contributed by atoms with Crippen LogP contribution in [0.2, 0.25) is 0 Å². The smallest absolute Gasteiger partial charge is 0.0337 e. The van der Waals surface area contributed by atoms with Gasteiger partial charge in [-0.25, -0.2) is 0 Å². The van der Waals surface area contributed by atoms with Gasteiger partial charge in [0.2, 0.25) is 0 Å². The summed E-state index contributed by atoms with van der Waals surface area (Å²) in [5, 5.41) is 3.14. The van der Waals surface area contributed by atoms with E-state index in [1.807, 2.05) is 20.9 Å². The van der Waals surface area contributed by atoms with Crippen LogP contribution in [0.3, 0.4) is 0 Å². The van der Waals surface area contributed by atoms with Gasteiger partial charge in [0.1, 0.15) is 0 Å². The number of anilines is 1. The maximum atomic E-state index is 3.14. The average Bonchev–Trinajstić information content (AvgIpc) is 2.43. The first-order chi connectivity index (χ1) is 8.38. The van der Waals surface area contributed by atoms with Crippen LogP contribution in [0, 0.1) is 0 Å². The van der Waals surface area contributed by atoms with Crippen LogP contribution in [-0.2, 0) is 6.54 Å². The van der Waals surface area contributed by atoms with E-state index in [-0.39, 0.29) is 0 Å². The first kappa shape index (κ1) is 14.0. The molecule has 0 unspecified atom stereocenters. The molecule has 0 amide bonds. The summed E-state index contributed by atoms with van der Waals surface area (Å²) in [4.78, 5) is 2.55. The second kappa shape index (κ2) is 8.13. The maximum absolute atomic E-state index is 3.14. The topological polar surface area (TPSA) is 15.3 Å². The predicted octanol–water partition coefficient (Wildman–Crippen LogP) is 3.74. The lowest BCUT2D eigenvalue weighted by atomic mass is 10.1. The van der Waals surface area contributed by atoms with Crippen LogP contribution < -0.4 is 5.32 Å². The summed E-state index contributed by atoms with van der Waals surface area (Å²) in [5.74, 6) is 0. The van der Waals surface area contributed by atoms with E-state index < -0.39 is 0 Å². The summed E-state index contributed by atoms with van der Waals surface area (Å²) in [6, 6.07) is 8.75. The normalized spacial score (nSPS) is 15.9. The molecule has 2 rings (SSSR count). The van der Waals surface area contributed by atoms with Crippen molar-refractivity contribution in [2.24, 2.45) is 0 Å². The largest absolute Gasteiger partial charge is 0.388 e. The third kappa shape index (κ3) is 4.78. The molecule has 0 aliphatic carbocycles. The fourth-order valence-electron chi connectivity index (χ4n) is 2.15. The molecule has 0 radical (unpaired) electrons. The van der Waals surface area contributed by atoms with Gasteiger partial charge in [0.05, 0.1) is 0 Å². The first-order valence-corrected chi connectivity index (χ1v) is 6.87. The number of benzene rings is 1. The van der Waals surface area contributed by atoms with Gasteiger partial charge in [0.25, 0.3) is 0 Å². The van der Waals surface area contributed by atoms with E-state index in [0.717, 1.165) is 6.54 Å². The summed E-state index contributed by atoms with van der Waals surface area (Å²) in [6.07, 6.45) is 4.15. The molecular weight excluding hydrogens is 208 g/mol. The molecule has 0 saturated carbocycles. The minimum Gasteiger partial charge on any atom is -0.388 e. The van der Waals surface area contributed by atoms with E-state index in [2.05, 4.69) is 34.5 Å². The van der Waals surface area contributed by atoms with E-state index in [1.54, 1.807) is 0 Å². The molecule has 2 nitrogen and oxygen atoms in total. The number of rotatable bonds is 3. The lowest BCUT2D eigenvalue weighted by molar-refractivity contribution is 0.221. The number of likely N-dealkylation sites (tertiary alicyclic amines) is 1. The molecule has 1 N–H and O–H groups in total. The van der Waals surface area contributed by atoms with Crippen LogP contribution in [0.5, 0.6) is 0 Å². The Morgan fingerprint density at radius 1 is 1.00 bits per heavy atom. The summed E-state index contributed by atoms with van der Waals surface area (Å²) in [6.45, 7) is 7.66. The van der Waals surface area contributed by atoms with E-state index in [1.165, 1.54) is 43.6 Å². The van der Waals surface area contributed by atoms with Crippen molar-refractivity contribution in [2.45, 2.75) is 39.7 Å². The molecule has 1 saturated heterocycles. The fourth-order valence-corrected chi connectivity index (χ4v) is 2.15. The molecule has 1 aliphatic heterocycles. The zero-order chi connectivity index (χ0) is 12.5. The molecule has 1 fully saturated rings. The second-order valence-corrected chi connectivity index (χ2v) is 4.28. The maximum Gasteiger partial charge on any atom is 0.0337 e. The number of nitrogens with zero attached hydrogens (tertiary/aromatic N) is 1. The van der Waals surface area contributed by atoms with Crippen LogP contribution in [0.15, 0.2) is 24.3 Å². The summed E-state index contributed by atoms with van der Waals surface area (Å²) >= 11 is 0. The first-order valence-electron chi connectivity index (χ1n) is 6.87. The lowest BCUT2D eigenvalue weighted by Crippen LogP contribution is -2.29. The van der Waals surface area contributed by atoms with Gasteiger partial charge in [0.15, 0.2) is 0 Å². The Hall–Kier alpha value is -1.02. The molecule has 1 aromatic carbocycles. The van der Waals surface area contributed by atoms with Gasteiger partial charge >= 0.3 is 0 Å². The number of nitrogens with one attached hydrogen (secondary N) is 1. The molecule has 1 heterocycles. The Balaban J connectivity index is 0.000000686. The van der Waals surface area contributed by atoms with Crippen LogP contribution in [0.4, 0.5) is 5.69 Å². The van der Waals surface area contributed by atoms with E-state index in [0.29, 0.717) is 0 Å². The molecule has 0 bridgehead atoms. The molecule has 0 spiro atoms. The summed E-state index contributed by atoms with van der Waals surface area (Å²) in [7, 11) is 1.96. The lowest BCUT2D eigenvalue weighted by Gasteiger charge is -2.26. The van der Waals surface area contributed by atoms with Crippen molar-refractivity contribution in [3.8, 4) is 0 Å². The minimum atomic E-state index is 1.12. The molecule has 0 atom stereocenters. The fraction of sp³-hybridized carbons (Fsp3) is 0.600. The van der Waals surface area contributed by atoms with Crippen molar-refractivity contribution >= 4 is 5.69 Å². The molecule has 1 aromatic rings. The zero-order valence-corrected chi connectivity index (χ0v) is 11.5. The molecule has 17 heavy (non-hydrogen) atoms. The van der Waals surface area contributed by atoms with Gasteiger partial charge in [-0.3, -0.25) is 4.90 Å². The number of hydrogen-bond donors (Lipinski definition) is 1. The van der Waals surface area contributed by atoms with Gasteiger partial charge < -0.3 is 5.32 Å². The van der Waals surface area contributed by atoms with E-state index in [4.69, 9.17) is 0 Å². The Morgan fingerprint density at radius 2 is 1.59 bits per heavy atom. The molecular formula is C15H26N2. The van der Waals surface area contributed by atoms with Gasteiger partial charge in [-0.15, -0.1) is 0 Å². The molecule has 2 heteroatoms. The SMILES string of the molecule is CC.CNc1ccc(CN2CCCCC2)cc1. The Morgan fingerprint density at radius 3 is 2.12 bits per heavy atom. The highest BCUT2D eigenvalue weighted by molar-refractivity contribution is 5.43. The van der Waals surface area contributed by atoms with Crippen LogP contribution in [0.1, 0.15) is 38.7 Å². The van der Waals surface area contributed by atoms with Crippen LogP contribution in [-0.4, -0.2) is 25.0 Å². The molecule has 0 aromatic heterocycles. The predicted molar refractivity (Wildman–Crippen MR) is 76.5 cm³/mol. The van der Waals surface area contributed by atoms with Crippen molar-refractivity contribution < 1.29 is 0 Å². The van der Waals surface area contributed by atoms with E-state index in [9.17, 15) is 0 Å². The molecule has 96 valence electrons. The van der Waals surface area contributed by atoms with Crippen molar-refractivity contribution in [2.75, 3.05) is 25.5 Å². The van der Waals surface area contributed by atoms with Crippen LogP contribution in [0.25, 0.3) is 0 Å². The van der Waals surface area contributed by atoms with Crippen molar-refractivity contribution in [3.63, 3.8) is 0 Å². The van der Waals surface area contributed by atoms with Crippen molar-refractivity contribution in [1.82, 2.24) is 4.90 Å². The summed E-state index contributed by atoms with van der Waals surface area (Å²) < 4.78 is 0. The van der Waals surface area contributed by atoms with Crippen molar-refractivity contribution in [1.29, 1.82) is 0 Å². The number of piperidine rings is 1. The highest BCUT2D eigenvalue weighted by Crippen LogP contribution is 2.14. The third-order valence-corrected chi connectivity index (χ3v) is 3.10. The highest BCUT2D eigenvalue weighted by Gasteiger charge is 2.09. The minimum absolute atomic E-state index is 1.12. The van der Waals surface area contributed by atoms with E-state index >= 15 is 0 Å². The zero-order valence-electron chi connectivity index (χ0n) is 11.5. The quantitative estimate of drug-likeness (QED) is 0.857. The van der Waals surface area contributed by atoms with Gasteiger partial charge in [-0.05, 0) is 43.6 Å². The highest BCUT2D eigenvalue weighted by atomic mass is 15.1. The number of hydrogen-bond acceptors (Lipinski definition) is 2. The Kier molecular flexibility index (Phi) is 6.71. The third-order valence-electron chi connectivity index (χ3n) is 3.10. The van der Waals surface area contributed by atoms with Crippen molar-refractivity contribution in [3.05, 3.63) is 29.8 Å². The van der Waals surface area contributed by atoms with Gasteiger partial charge in [-0.2, -0.15) is 0 Å². The Bertz CT molecular complexity index is 286. The van der Waals surface area contributed by atoms with Gasteiger partial charge in [0, 0.05) is 19.3 Å². The Labute approximate surface area is 106 Å². The standard InChI is InChI=1S/C13H20N2.C2H6/c1-14-13-7-5-12(6-8-13)11-15-9-3-2-4-10-15;1-2/h5-8,14H,2-4,9-11H2,1H3;1-2H3. The van der Waals surface area contributed by atoms with Crippen LogP contribution >= 0.6 is 0 Å². The van der Waals surface area contributed by atoms with Gasteiger partial charge in [-0.1, -0.05) is 32.4 Å².